The van der Waals surface area contributed by atoms with Crippen LogP contribution in [0.4, 0.5) is 0 Å². The maximum Gasteiger partial charge on any atom is 0.224 e. The topological polar surface area (TPSA) is 71.3 Å². The Hall–Kier alpha value is -2.56. The van der Waals surface area contributed by atoms with Gasteiger partial charge in [0, 0.05) is 0 Å². The predicted octanol–water partition coefficient (Wildman–Crippen LogP) is 2.41. The molecular formula is C18H20N2O3. The van der Waals surface area contributed by atoms with Gasteiger partial charge in [-0.05, 0) is 31.0 Å². The van der Waals surface area contributed by atoms with E-state index in [0.717, 1.165) is 5.56 Å². The Kier molecular flexibility index (Phi) is 4.46. The van der Waals surface area contributed by atoms with Crippen molar-refractivity contribution >= 4 is 11.8 Å². The lowest BCUT2D eigenvalue weighted by molar-refractivity contribution is -0.127. The lowest BCUT2D eigenvalue weighted by atomic mass is 10.1. The number of carbonyl (C=O) groups excluding carboxylic acids is 2. The van der Waals surface area contributed by atoms with E-state index in [0.29, 0.717) is 18.7 Å². The van der Waals surface area contributed by atoms with E-state index in [9.17, 15) is 9.59 Å². The van der Waals surface area contributed by atoms with Crippen molar-refractivity contribution in [3.8, 4) is 0 Å². The molecule has 1 aliphatic rings. The van der Waals surface area contributed by atoms with Gasteiger partial charge in [-0.2, -0.15) is 0 Å². The fourth-order valence-electron chi connectivity index (χ4n) is 2.64. The molecule has 0 bridgehead atoms. The lowest BCUT2D eigenvalue weighted by Crippen LogP contribution is -2.31. The van der Waals surface area contributed by atoms with Gasteiger partial charge in [-0.1, -0.05) is 30.3 Å². The number of benzene rings is 1. The highest BCUT2D eigenvalue weighted by atomic mass is 16.3. The Balaban J connectivity index is 1.46. The monoisotopic (exact) mass is 312 g/mol. The molecule has 1 aliphatic carbocycles. The molecule has 1 fully saturated rings. The zero-order chi connectivity index (χ0) is 16.2. The van der Waals surface area contributed by atoms with Crippen molar-refractivity contribution < 1.29 is 14.0 Å². The van der Waals surface area contributed by atoms with Gasteiger partial charge < -0.3 is 15.1 Å². The van der Waals surface area contributed by atoms with Gasteiger partial charge >= 0.3 is 0 Å². The van der Waals surface area contributed by atoms with Gasteiger partial charge in [-0.25, -0.2) is 0 Å². The molecule has 0 aliphatic heterocycles. The van der Waals surface area contributed by atoms with Crippen molar-refractivity contribution in [1.29, 1.82) is 0 Å². The van der Waals surface area contributed by atoms with E-state index in [2.05, 4.69) is 10.6 Å². The molecule has 3 unspecified atom stereocenters. The molecule has 0 saturated heterocycles. The van der Waals surface area contributed by atoms with Crippen LogP contribution >= 0.6 is 0 Å². The Morgan fingerprint density at radius 1 is 1.13 bits per heavy atom. The summed E-state index contributed by atoms with van der Waals surface area (Å²) in [6.45, 7) is 2.30. The van der Waals surface area contributed by atoms with Gasteiger partial charge in [0.1, 0.15) is 5.76 Å². The van der Waals surface area contributed by atoms with Gasteiger partial charge in [-0.3, -0.25) is 9.59 Å². The van der Waals surface area contributed by atoms with Gasteiger partial charge in [0.15, 0.2) is 0 Å². The smallest absolute Gasteiger partial charge is 0.224 e. The van der Waals surface area contributed by atoms with Crippen molar-refractivity contribution in [1.82, 2.24) is 10.6 Å². The molecular weight excluding hydrogens is 292 g/mol. The summed E-state index contributed by atoms with van der Waals surface area (Å²) in [7, 11) is 0. The SMILES string of the molecule is CC(NC(=O)C1CC1C(=O)NCc1ccco1)c1ccccc1. The van der Waals surface area contributed by atoms with Crippen LogP contribution < -0.4 is 10.6 Å². The molecule has 120 valence electrons. The highest BCUT2D eigenvalue weighted by molar-refractivity contribution is 5.92. The van der Waals surface area contributed by atoms with Gasteiger partial charge in [0.05, 0.1) is 30.7 Å². The third-order valence-corrected chi connectivity index (χ3v) is 4.14. The summed E-state index contributed by atoms with van der Waals surface area (Å²) in [6.07, 6.45) is 2.18. The van der Waals surface area contributed by atoms with Crippen molar-refractivity contribution in [3.05, 3.63) is 60.1 Å². The number of carbonyl (C=O) groups is 2. The second-order valence-electron chi connectivity index (χ2n) is 5.89. The number of hydrogen-bond acceptors (Lipinski definition) is 3. The van der Waals surface area contributed by atoms with E-state index in [-0.39, 0.29) is 29.7 Å². The largest absolute Gasteiger partial charge is 0.467 e. The molecule has 0 radical (unpaired) electrons. The Bertz CT molecular complexity index is 667. The van der Waals surface area contributed by atoms with Crippen LogP contribution in [0.25, 0.3) is 0 Å². The van der Waals surface area contributed by atoms with Crippen LogP contribution in [0, 0.1) is 11.8 Å². The summed E-state index contributed by atoms with van der Waals surface area (Å²) < 4.78 is 5.17. The summed E-state index contributed by atoms with van der Waals surface area (Å²) in [6, 6.07) is 13.3. The molecule has 5 nitrogen and oxygen atoms in total. The number of amides is 2. The molecule has 2 N–H and O–H groups in total. The normalized spacial score (nSPS) is 20.6. The van der Waals surface area contributed by atoms with Crippen LogP contribution in [-0.4, -0.2) is 11.8 Å². The molecule has 5 heteroatoms. The molecule has 1 heterocycles. The van der Waals surface area contributed by atoms with Crippen LogP contribution in [0.3, 0.4) is 0 Å². The molecule has 23 heavy (non-hydrogen) atoms. The third kappa shape index (κ3) is 3.80. The number of furan rings is 1. The molecule has 2 amide bonds. The number of hydrogen-bond donors (Lipinski definition) is 2. The van der Waals surface area contributed by atoms with Gasteiger partial charge in [0.25, 0.3) is 0 Å². The minimum absolute atomic E-state index is 0.0560. The highest BCUT2D eigenvalue weighted by Gasteiger charge is 2.48. The number of nitrogens with one attached hydrogen (secondary N) is 2. The van der Waals surface area contributed by atoms with E-state index >= 15 is 0 Å². The molecule has 1 aromatic carbocycles. The van der Waals surface area contributed by atoms with Gasteiger partial charge in [0.2, 0.25) is 11.8 Å². The molecule has 3 atom stereocenters. The van der Waals surface area contributed by atoms with Crippen LogP contribution in [0.5, 0.6) is 0 Å². The number of rotatable bonds is 6. The molecule has 1 aromatic heterocycles. The zero-order valence-corrected chi connectivity index (χ0v) is 13.0. The second kappa shape index (κ2) is 6.69. The van der Waals surface area contributed by atoms with Crippen LogP contribution in [0.2, 0.25) is 0 Å². The zero-order valence-electron chi connectivity index (χ0n) is 13.0. The summed E-state index contributed by atoms with van der Waals surface area (Å²) in [5, 5.41) is 5.78. The molecule has 0 spiro atoms. The minimum atomic E-state index is -0.229. The molecule has 3 rings (SSSR count). The average molecular weight is 312 g/mol. The van der Waals surface area contributed by atoms with Gasteiger partial charge in [-0.15, -0.1) is 0 Å². The maximum atomic E-state index is 12.2. The van der Waals surface area contributed by atoms with Crippen LogP contribution in [0.15, 0.2) is 53.1 Å². The average Bonchev–Trinajstić information content (AvgIpc) is 3.21. The summed E-state index contributed by atoms with van der Waals surface area (Å²) in [5.74, 6) is 0.108. The van der Waals surface area contributed by atoms with Crippen molar-refractivity contribution in [2.45, 2.75) is 25.9 Å². The maximum absolute atomic E-state index is 12.2. The summed E-state index contributed by atoms with van der Waals surface area (Å²) in [5.41, 5.74) is 1.06. The lowest BCUT2D eigenvalue weighted by Gasteiger charge is -2.14. The van der Waals surface area contributed by atoms with Crippen LogP contribution in [-0.2, 0) is 16.1 Å². The second-order valence-corrected chi connectivity index (χ2v) is 5.89. The first-order chi connectivity index (χ1) is 11.1. The first-order valence-electron chi connectivity index (χ1n) is 7.80. The Labute approximate surface area is 135 Å². The summed E-state index contributed by atoms with van der Waals surface area (Å²) >= 11 is 0. The summed E-state index contributed by atoms with van der Waals surface area (Å²) in [4.78, 5) is 24.3. The van der Waals surface area contributed by atoms with Crippen molar-refractivity contribution in [2.24, 2.45) is 11.8 Å². The van der Waals surface area contributed by atoms with Crippen molar-refractivity contribution in [2.75, 3.05) is 0 Å². The fraction of sp³-hybridized carbons (Fsp3) is 0.333. The van der Waals surface area contributed by atoms with E-state index < -0.39 is 0 Å². The minimum Gasteiger partial charge on any atom is -0.467 e. The first kappa shape index (κ1) is 15.3. The highest BCUT2D eigenvalue weighted by Crippen LogP contribution is 2.39. The Morgan fingerprint density at radius 3 is 2.57 bits per heavy atom. The predicted molar refractivity (Wildman–Crippen MR) is 85.2 cm³/mol. The van der Waals surface area contributed by atoms with E-state index in [1.165, 1.54) is 0 Å². The Morgan fingerprint density at radius 2 is 1.87 bits per heavy atom. The van der Waals surface area contributed by atoms with E-state index in [1.807, 2.05) is 37.3 Å². The first-order valence-corrected chi connectivity index (χ1v) is 7.80. The van der Waals surface area contributed by atoms with E-state index in [4.69, 9.17) is 4.42 Å². The third-order valence-electron chi connectivity index (χ3n) is 4.14. The quantitative estimate of drug-likeness (QED) is 0.860. The van der Waals surface area contributed by atoms with E-state index in [1.54, 1.807) is 18.4 Å². The molecule has 1 saturated carbocycles. The fourth-order valence-corrected chi connectivity index (χ4v) is 2.64. The molecule has 2 aromatic rings. The standard InChI is InChI=1S/C18H20N2O3/c1-12(13-6-3-2-4-7-13)20-18(22)16-10-15(16)17(21)19-11-14-8-5-9-23-14/h2-9,12,15-16H,10-11H2,1H3,(H,19,21)(H,20,22). The van der Waals surface area contributed by atoms with Crippen molar-refractivity contribution in [3.63, 3.8) is 0 Å². The van der Waals surface area contributed by atoms with Crippen LogP contribution in [0.1, 0.15) is 30.7 Å².